The normalized spacial score (nSPS) is 12.0. The van der Waals surface area contributed by atoms with Gasteiger partial charge in [0, 0.05) is 20.3 Å². The van der Waals surface area contributed by atoms with E-state index in [1.165, 1.54) is 83.5 Å². The number of aliphatic carboxylic acids is 4. The van der Waals surface area contributed by atoms with Crippen LogP contribution in [0.2, 0.25) is 0 Å². The maximum atomic E-state index is 11.4. The fourth-order valence-corrected chi connectivity index (χ4v) is 3.22. The van der Waals surface area contributed by atoms with Gasteiger partial charge in [-0.15, -0.1) is 0 Å². The molecule has 0 saturated carbocycles. The number of aliphatic hydroxyl groups is 4. The van der Waals surface area contributed by atoms with E-state index in [2.05, 4.69) is 6.92 Å². The molecule has 0 rings (SSSR count). The van der Waals surface area contributed by atoms with Crippen molar-refractivity contribution < 1.29 is 69.6 Å². The SMILES string of the molecule is CC(=O)O.CC(=O)O.CCCCCCCCCCCCCCCCCC(=O)OCC(O)CO.O=C(O)C(O)C(O)C(=O)O. The van der Waals surface area contributed by atoms with Gasteiger partial charge >= 0.3 is 17.9 Å². The second-order valence-corrected chi connectivity index (χ2v) is 9.82. The molecule has 0 amide bonds. The van der Waals surface area contributed by atoms with Gasteiger partial charge in [0.1, 0.15) is 12.7 Å². The molecule has 3 atom stereocenters. The van der Waals surface area contributed by atoms with E-state index in [9.17, 15) is 14.4 Å². The largest absolute Gasteiger partial charge is 0.481 e. The number of carbonyl (C=O) groups excluding carboxylic acids is 1. The number of ether oxygens (including phenoxy) is 1. The topological polar surface area (TPSA) is 256 Å². The van der Waals surface area contributed by atoms with Gasteiger partial charge in [0.05, 0.1) is 6.61 Å². The van der Waals surface area contributed by atoms with E-state index in [1.54, 1.807) is 0 Å². The van der Waals surface area contributed by atoms with Crippen LogP contribution in [0, 0.1) is 0 Å². The summed E-state index contributed by atoms with van der Waals surface area (Å²) in [6.45, 7) is 3.96. The summed E-state index contributed by atoms with van der Waals surface area (Å²) in [6.07, 6.45) is 14.5. The van der Waals surface area contributed by atoms with Crippen LogP contribution in [-0.4, -0.2) is 102 Å². The van der Waals surface area contributed by atoms with Crippen LogP contribution in [0.1, 0.15) is 124 Å². The molecule has 0 fully saturated rings. The highest BCUT2D eigenvalue weighted by Gasteiger charge is 2.29. The molecule has 14 heteroatoms. The summed E-state index contributed by atoms with van der Waals surface area (Å²) < 4.78 is 4.86. The van der Waals surface area contributed by atoms with Crippen molar-refractivity contribution >= 4 is 29.8 Å². The monoisotopic (exact) mass is 628 g/mol. The minimum atomic E-state index is -2.27. The zero-order valence-corrected chi connectivity index (χ0v) is 26.0. The fourth-order valence-electron chi connectivity index (χ4n) is 3.22. The molecule has 3 unspecified atom stereocenters. The standard InChI is InChI=1S/C21H42O4.C4H6O6.2C2H4O2/c1-2-3-4-5-6-7-8-9-10-11-12-13-14-15-16-17-21(24)25-19-20(23)18-22;5-1(3(7)8)2(6)4(9)10;2*1-2(3)4/h20,22-23H,2-19H2,1H3;1-2,5-6H,(H,7,8)(H,9,10);2*1H3,(H,3,4). The molecule has 8 N–H and O–H groups in total. The number of carboxylic acid groups (broad SMARTS) is 4. The third-order valence-corrected chi connectivity index (χ3v) is 5.44. The maximum absolute atomic E-state index is 11.4. The minimum Gasteiger partial charge on any atom is -0.481 e. The molecular formula is C29H56O14. The van der Waals surface area contributed by atoms with Gasteiger partial charge in [-0.05, 0) is 6.42 Å². The first kappa shape index (κ1) is 47.1. The molecule has 0 aliphatic rings. The molecule has 43 heavy (non-hydrogen) atoms. The number of unbranched alkanes of at least 4 members (excludes halogenated alkanes) is 14. The Morgan fingerprint density at radius 2 is 0.837 bits per heavy atom. The zero-order valence-electron chi connectivity index (χ0n) is 26.0. The Kier molecular flexibility index (Phi) is 38.8. The summed E-state index contributed by atoms with van der Waals surface area (Å²) in [5, 5.41) is 65.1. The van der Waals surface area contributed by atoms with Gasteiger partial charge in [0.25, 0.3) is 11.9 Å². The van der Waals surface area contributed by atoms with E-state index < -0.39 is 42.2 Å². The lowest BCUT2D eigenvalue weighted by atomic mass is 10.0. The molecule has 0 aliphatic carbocycles. The summed E-state index contributed by atoms with van der Waals surface area (Å²) in [6, 6.07) is 0. The molecule has 0 heterocycles. The van der Waals surface area contributed by atoms with Gasteiger partial charge in [-0.25, -0.2) is 9.59 Å². The molecular weight excluding hydrogens is 572 g/mol. The van der Waals surface area contributed by atoms with Crippen molar-refractivity contribution in [2.75, 3.05) is 13.2 Å². The number of hydrogen-bond acceptors (Lipinski definition) is 10. The Morgan fingerprint density at radius 1 is 0.558 bits per heavy atom. The van der Waals surface area contributed by atoms with Gasteiger partial charge in [-0.3, -0.25) is 14.4 Å². The van der Waals surface area contributed by atoms with Gasteiger partial charge < -0.3 is 45.6 Å². The summed E-state index contributed by atoms with van der Waals surface area (Å²) in [7, 11) is 0. The molecule has 0 aromatic rings. The lowest BCUT2D eigenvalue weighted by molar-refractivity contribution is -0.165. The Labute approximate surface area is 254 Å². The summed E-state index contributed by atoms with van der Waals surface area (Å²) in [4.78, 5) is 48.9. The van der Waals surface area contributed by atoms with Crippen LogP contribution < -0.4 is 0 Å². The quantitative estimate of drug-likeness (QED) is 0.0633. The lowest BCUT2D eigenvalue weighted by Gasteiger charge is -2.08. The van der Waals surface area contributed by atoms with Crippen LogP contribution >= 0.6 is 0 Å². The number of carbonyl (C=O) groups is 5. The van der Waals surface area contributed by atoms with Gasteiger partial charge in [0.15, 0.2) is 12.2 Å². The average Bonchev–Trinajstić information content (AvgIpc) is 2.92. The Morgan fingerprint density at radius 3 is 1.09 bits per heavy atom. The molecule has 0 bridgehead atoms. The molecule has 0 spiro atoms. The molecule has 0 aromatic carbocycles. The van der Waals surface area contributed by atoms with Crippen molar-refractivity contribution in [1.29, 1.82) is 0 Å². The van der Waals surface area contributed by atoms with Gasteiger partial charge in [-0.2, -0.15) is 0 Å². The van der Waals surface area contributed by atoms with Crippen LogP contribution in [0.25, 0.3) is 0 Å². The van der Waals surface area contributed by atoms with Crippen LogP contribution in [0.5, 0.6) is 0 Å². The summed E-state index contributed by atoms with van der Waals surface area (Å²) in [5.41, 5.74) is 0. The second-order valence-electron chi connectivity index (χ2n) is 9.82. The summed E-state index contributed by atoms with van der Waals surface area (Å²) >= 11 is 0. The van der Waals surface area contributed by atoms with E-state index in [0.717, 1.165) is 26.7 Å². The van der Waals surface area contributed by atoms with Gasteiger partial charge in [-0.1, -0.05) is 96.8 Å². The van der Waals surface area contributed by atoms with Crippen molar-refractivity contribution in [3.63, 3.8) is 0 Å². The first-order chi connectivity index (χ1) is 20.1. The van der Waals surface area contributed by atoms with Crippen molar-refractivity contribution in [1.82, 2.24) is 0 Å². The Hall–Kier alpha value is -2.81. The van der Waals surface area contributed by atoms with Crippen LogP contribution in [-0.2, 0) is 28.7 Å². The van der Waals surface area contributed by atoms with Gasteiger partial charge in [0.2, 0.25) is 0 Å². The number of esters is 1. The first-order valence-electron chi connectivity index (χ1n) is 14.8. The van der Waals surface area contributed by atoms with Crippen molar-refractivity contribution in [2.45, 2.75) is 142 Å². The molecule has 0 saturated heterocycles. The molecule has 0 aromatic heterocycles. The maximum Gasteiger partial charge on any atom is 0.335 e. The van der Waals surface area contributed by atoms with Crippen LogP contribution in [0.3, 0.4) is 0 Å². The van der Waals surface area contributed by atoms with Crippen molar-refractivity contribution in [3.8, 4) is 0 Å². The number of rotatable bonds is 22. The van der Waals surface area contributed by atoms with Crippen LogP contribution in [0.15, 0.2) is 0 Å². The molecule has 0 aliphatic heterocycles. The van der Waals surface area contributed by atoms with E-state index in [0.29, 0.717) is 6.42 Å². The highest BCUT2D eigenvalue weighted by molar-refractivity contribution is 5.83. The third kappa shape index (κ3) is 49.2. The van der Waals surface area contributed by atoms with Crippen molar-refractivity contribution in [2.24, 2.45) is 0 Å². The first-order valence-corrected chi connectivity index (χ1v) is 14.8. The van der Waals surface area contributed by atoms with E-state index in [4.69, 9.17) is 55.2 Å². The third-order valence-electron chi connectivity index (χ3n) is 5.44. The minimum absolute atomic E-state index is 0.103. The van der Waals surface area contributed by atoms with Crippen LogP contribution in [0.4, 0.5) is 0 Å². The van der Waals surface area contributed by atoms with Crippen molar-refractivity contribution in [3.05, 3.63) is 0 Å². The number of carboxylic acids is 4. The van der Waals surface area contributed by atoms with E-state index in [-0.39, 0.29) is 19.2 Å². The highest BCUT2D eigenvalue weighted by atomic mass is 16.5. The fraction of sp³-hybridized carbons (Fsp3) is 0.828. The Balaban J connectivity index is -0.000000343. The summed E-state index contributed by atoms with van der Waals surface area (Å²) in [5.74, 6) is -5.48. The predicted molar refractivity (Wildman–Crippen MR) is 158 cm³/mol. The molecule has 14 nitrogen and oxygen atoms in total. The highest BCUT2D eigenvalue weighted by Crippen LogP contribution is 2.13. The zero-order chi connectivity index (χ0) is 34.1. The Bertz CT molecular complexity index is 661. The number of aliphatic hydroxyl groups excluding tert-OH is 4. The number of hydrogen-bond donors (Lipinski definition) is 8. The lowest BCUT2D eigenvalue weighted by Crippen LogP contribution is -2.39. The average molecular weight is 629 g/mol. The smallest absolute Gasteiger partial charge is 0.335 e. The van der Waals surface area contributed by atoms with E-state index in [1.807, 2.05) is 0 Å². The second kappa shape index (κ2) is 35.4. The predicted octanol–water partition coefficient (Wildman–Crippen LogP) is 3.20. The van der Waals surface area contributed by atoms with E-state index >= 15 is 0 Å². The molecule has 0 radical (unpaired) electrons. The molecule has 256 valence electrons.